The van der Waals surface area contributed by atoms with Crippen molar-refractivity contribution in [1.29, 1.82) is 0 Å². The highest BCUT2D eigenvalue weighted by Crippen LogP contribution is 2.14. The van der Waals surface area contributed by atoms with Crippen LogP contribution in [0.2, 0.25) is 0 Å². The molecule has 0 heterocycles. The minimum Gasteiger partial charge on any atom is -0.332 e. The fourth-order valence-corrected chi connectivity index (χ4v) is 2.56. The topological polar surface area (TPSA) is 101 Å². The van der Waals surface area contributed by atoms with Crippen molar-refractivity contribution in [1.82, 2.24) is 0 Å². The molecule has 0 fully saturated rings. The lowest BCUT2D eigenvalue weighted by Gasteiger charge is -2.11. The van der Waals surface area contributed by atoms with Crippen LogP contribution < -0.4 is 15.8 Å². The van der Waals surface area contributed by atoms with E-state index in [1.807, 2.05) is 0 Å². The zero-order chi connectivity index (χ0) is 17.0. The second-order valence-corrected chi connectivity index (χ2v) is 6.75. The number of benzene rings is 2. The summed E-state index contributed by atoms with van der Waals surface area (Å²) in [4.78, 5) is 11.2. The Kier molecular flexibility index (Phi) is 5.09. The van der Waals surface area contributed by atoms with Crippen LogP contribution in [0.3, 0.4) is 0 Å². The first-order chi connectivity index (χ1) is 10.8. The molecule has 2 aromatic carbocycles. The summed E-state index contributed by atoms with van der Waals surface area (Å²) in [6.45, 7) is 1.50. The minimum absolute atomic E-state index is 0.00722. The van der Waals surface area contributed by atoms with Crippen molar-refractivity contribution in [3.05, 3.63) is 54.1 Å². The number of thiocarbonyl (C=S) groups is 1. The van der Waals surface area contributed by atoms with E-state index in [1.165, 1.54) is 19.1 Å². The summed E-state index contributed by atoms with van der Waals surface area (Å²) >= 11 is 5.18. The van der Waals surface area contributed by atoms with Gasteiger partial charge in [0.2, 0.25) is 10.0 Å². The molecule has 0 aliphatic carbocycles. The SMILES string of the molecule is CC(=O)c1ccc(NC(=S)Nc2ccc(S(N)(=O)=O)cc2)cc1. The van der Waals surface area contributed by atoms with Gasteiger partial charge in [0.05, 0.1) is 4.90 Å². The quantitative estimate of drug-likeness (QED) is 0.578. The highest BCUT2D eigenvalue weighted by Gasteiger charge is 2.07. The highest BCUT2D eigenvalue weighted by atomic mass is 32.2. The third kappa shape index (κ3) is 4.85. The lowest BCUT2D eigenvalue weighted by molar-refractivity contribution is 0.101. The van der Waals surface area contributed by atoms with Crippen molar-refractivity contribution in [2.75, 3.05) is 10.6 Å². The van der Waals surface area contributed by atoms with Crippen molar-refractivity contribution >= 4 is 44.5 Å². The molecule has 0 bridgehead atoms. The number of anilines is 2. The van der Waals surface area contributed by atoms with E-state index in [4.69, 9.17) is 17.4 Å². The van der Waals surface area contributed by atoms with E-state index in [1.54, 1.807) is 36.4 Å². The van der Waals surface area contributed by atoms with Crippen LogP contribution in [0.5, 0.6) is 0 Å². The van der Waals surface area contributed by atoms with Gasteiger partial charge in [-0.2, -0.15) is 0 Å². The molecule has 0 aliphatic heterocycles. The predicted octanol–water partition coefficient (Wildman–Crippen LogP) is 2.35. The van der Waals surface area contributed by atoms with Gasteiger partial charge in [0, 0.05) is 16.9 Å². The molecule has 0 aromatic heterocycles. The molecule has 2 rings (SSSR count). The predicted molar refractivity (Wildman–Crippen MR) is 94.1 cm³/mol. The Morgan fingerprint density at radius 3 is 1.78 bits per heavy atom. The summed E-state index contributed by atoms with van der Waals surface area (Å²) in [7, 11) is -3.71. The van der Waals surface area contributed by atoms with Crippen LogP contribution in [0.1, 0.15) is 17.3 Å². The molecule has 0 saturated carbocycles. The molecule has 2 aromatic rings. The monoisotopic (exact) mass is 349 g/mol. The molecule has 0 spiro atoms. The van der Waals surface area contributed by atoms with E-state index in [0.29, 0.717) is 16.4 Å². The Hall–Kier alpha value is -2.29. The molecule has 0 unspecified atom stereocenters. The highest BCUT2D eigenvalue weighted by molar-refractivity contribution is 7.89. The number of nitrogens with two attached hydrogens (primary N) is 1. The molecule has 4 N–H and O–H groups in total. The number of carbonyl (C=O) groups is 1. The first-order valence-corrected chi connectivity index (χ1v) is 8.53. The zero-order valence-corrected chi connectivity index (χ0v) is 13.9. The van der Waals surface area contributed by atoms with Crippen LogP contribution in [0.25, 0.3) is 0 Å². The summed E-state index contributed by atoms with van der Waals surface area (Å²) in [5.41, 5.74) is 1.97. The summed E-state index contributed by atoms with van der Waals surface area (Å²) in [5.74, 6) is -0.00722. The fraction of sp³-hybridized carbons (Fsp3) is 0.0667. The van der Waals surface area contributed by atoms with Crippen LogP contribution in [-0.4, -0.2) is 19.3 Å². The van der Waals surface area contributed by atoms with Gasteiger partial charge < -0.3 is 10.6 Å². The molecular formula is C15H15N3O3S2. The third-order valence-corrected chi connectivity index (χ3v) is 4.12. The lowest BCUT2D eigenvalue weighted by atomic mass is 10.1. The van der Waals surface area contributed by atoms with Gasteiger partial charge >= 0.3 is 0 Å². The van der Waals surface area contributed by atoms with E-state index in [9.17, 15) is 13.2 Å². The van der Waals surface area contributed by atoms with E-state index in [2.05, 4.69) is 10.6 Å². The Balaban J connectivity index is 2.00. The van der Waals surface area contributed by atoms with Crippen molar-refractivity contribution in [3.8, 4) is 0 Å². The van der Waals surface area contributed by atoms with Gasteiger partial charge in [-0.1, -0.05) is 0 Å². The van der Waals surface area contributed by atoms with Crippen LogP contribution in [0.15, 0.2) is 53.4 Å². The first-order valence-electron chi connectivity index (χ1n) is 6.57. The number of Topliss-reactive ketones (excluding diaryl/α,β-unsaturated/α-hetero) is 1. The Morgan fingerprint density at radius 1 is 0.957 bits per heavy atom. The fourth-order valence-electron chi connectivity index (χ4n) is 1.81. The number of primary sulfonamides is 1. The molecule has 8 heteroatoms. The standard InChI is InChI=1S/C15H15N3O3S2/c1-10(19)11-2-4-12(5-3-11)17-15(22)18-13-6-8-14(9-7-13)23(16,20)21/h2-9H,1H3,(H2,16,20,21)(H2,17,18,22). The van der Waals surface area contributed by atoms with Gasteiger partial charge in [-0.3, -0.25) is 4.79 Å². The maximum atomic E-state index is 11.2. The van der Waals surface area contributed by atoms with Crippen LogP contribution in [0, 0.1) is 0 Å². The van der Waals surface area contributed by atoms with Crippen LogP contribution in [-0.2, 0) is 10.0 Å². The number of carbonyl (C=O) groups excluding carboxylic acids is 1. The summed E-state index contributed by atoms with van der Waals surface area (Å²) < 4.78 is 22.4. The van der Waals surface area contributed by atoms with E-state index in [0.717, 1.165) is 5.69 Å². The number of sulfonamides is 1. The molecular weight excluding hydrogens is 334 g/mol. The minimum atomic E-state index is -3.71. The maximum Gasteiger partial charge on any atom is 0.238 e. The van der Waals surface area contributed by atoms with Gasteiger partial charge in [0.1, 0.15) is 0 Å². The second kappa shape index (κ2) is 6.86. The molecule has 0 saturated heterocycles. The average molecular weight is 349 g/mol. The number of hydrogen-bond acceptors (Lipinski definition) is 4. The van der Waals surface area contributed by atoms with Crippen LogP contribution in [0.4, 0.5) is 11.4 Å². The molecule has 6 nitrogen and oxygen atoms in total. The lowest BCUT2D eigenvalue weighted by Crippen LogP contribution is -2.19. The Bertz CT molecular complexity index is 829. The summed E-state index contributed by atoms with van der Waals surface area (Å²) in [5, 5.41) is 11.3. The largest absolute Gasteiger partial charge is 0.332 e. The zero-order valence-electron chi connectivity index (χ0n) is 12.2. The molecule has 0 radical (unpaired) electrons. The van der Waals surface area contributed by atoms with E-state index in [-0.39, 0.29) is 10.7 Å². The Labute approximate surface area is 139 Å². The molecule has 0 amide bonds. The smallest absolute Gasteiger partial charge is 0.238 e. The third-order valence-electron chi connectivity index (χ3n) is 2.99. The number of ketones is 1. The van der Waals surface area contributed by atoms with Crippen molar-refractivity contribution in [3.63, 3.8) is 0 Å². The number of nitrogens with one attached hydrogen (secondary N) is 2. The van der Waals surface area contributed by atoms with Gasteiger partial charge in [0.15, 0.2) is 10.9 Å². The summed E-state index contributed by atoms with van der Waals surface area (Å²) in [6.07, 6.45) is 0. The van der Waals surface area contributed by atoms with Gasteiger partial charge in [-0.05, 0) is 67.7 Å². The van der Waals surface area contributed by atoms with Crippen molar-refractivity contribution in [2.24, 2.45) is 5.14 Å². The molecule has 23 heavy (non-hydrogen) atoms. The number of hydrogen-bond donors (Lipinski definition) is 3. The summed E-state index contributed by atoms with van der Waals surface area (Å²) in [6, 6.07) is 12.8. The molecule has 0 aliphatic rings. The second-order valence-electron chi connectivity index (χ2n) is 4.78. The Morgan fingerprint density at radius 2 is 1.39 bits per heavy atom. The van der Waals surface area contributed by atoms with Gasteiger partial charge in [-0.15, -0.1) is 0 Å². The van der Waals surface area contributed by atoms with Crippen molar-refractivity contribution < 1.29 is 13.2 Å². The van der Waals surface area contributed by atoms with Crippen molar-refractivity contribution in [2.45, 2.75) is 11.8 Å². The van der Waals surface area contributed by atoms with E-state index >= 15 is 0 Å². The number of rotatable bonds is 4. The first kappa shape index (κ1) is 17.1. The normalized spacial score (nSPS) is 10.9. The van der Waals surface area contributed by atoms with Crippen LogP contribution >= 0.6 is 12.2 Å². The van der Waals surface area contributed by atoms with E-state index < -0.39 is 10.0 Å². The average Bonchev–Trinajstić information content (AvgIpc) is 2.47. The maximum absolute atomic E-state index is 11.2. The van der Waals surface area contributed by atoms with Gasteiger partial charge in [-0.25, -0.2) is 13.6 Å². The van der Waals surface area contributed by atoms with Gasteiger partial charge in [0.25, 0.3) is 0 Å². The molecule has 0 atom stereocenters. The molecule has 120 valence electrons.